The Hall–Kier alpha value is -1.60. The average Bonchev–Trinajstić information content (AvgIpc) is 2.68. The highest BCUT2D eigenvalue weighted by Crippen LogP contribution is 2.47. The predicted molar refractivity (Wildman–Crippen MR) is 63.4 cm³/mol. The third kappa shape index (κ3) is 0.940. The van der Waals surface area contributed by atoms with E-state index in [0.29, 0.717) is 5.92 Å². The SMILES string of the molecule is c1ccc2c(c1)-c1cccc3c1C2COC3. The van der Waals surface area contributed by atoms with Crippen molar-refractivity contribution < 1.29 is 4.74 Å². The standard InChI is InChI=1S/C15H12O/c1-2-6-12-11(5-1)13-7-3-4-10-8-16-9-14(12)15(10)13/h1-7,14H,8-9H2. The molecule has 0 N–H and O–H groups in total. The fourth-order valence-electron chi connectivity index (χ4n) is 3.05. The zero-order chi connectivity index (χ0) is 10.5. The van der Waals surface area contributed by atoms with Gasteiger partial charge < -0.3 is 4.74 Å². The van der Waals surface area contributed by atoms with Crippen molar-refractivity contribution in [3.8, 4) is 11.1 Å². The molecule has 1 heteroatoms. The predicted octanol–water partition coefficient (Wildman–Crippen LogP) is 3.33. The largest absolute Gasteiger partial charge is 0.376 e. The van der Waals surface area contributed by atoms with Crippen LogP contribution in [-0.2, 0) is 11.3 Å². The fourth-order valence-corrected chi connectivity index (χ4v) is 3.05. The summed E-state index contributed by atoms with van der Waals surface area (Å²) in [7, 11) is 0. The van der Waals surface area contributed by atoms with Crippen molar-refractivity contribution in [3.63, 3.8) is 0 Å². The first-order chi connectivity index (χ1) is 7.95. The first kappa shape index (κ1) is 8.54. The summed E-state index contributed by atoms with van der Waals surface area (Å²) >= 11 is 0. The van der Waals surface area contributed by atoms with E-state index in [-0.39, 0.29) is 0 Å². The van der Waals surface area contributed by atoms with Crippen molar-refractivity contribution in [2.45, 2.75) is 12.5 Å². The second kappa shape index (κ2) is 2.96. The minimum atomic E-state index is 0.469. The molecule has 1 atom stereocenters. The topological polar surface area (TPSA) is 9.23 Å². The minimum absolute atomic E-state index is 0.469. The molecular weight excluding hydrogens is 196 g/mol. The van der Waals surface area contributed by atoms with Crippen LogP contribution in [-0.4, -0.2) is 6.61 Å². The van der Waals surface area contributed by atoms with Crippen LogP contribution in [0, 0.1) is 0 Å². The zero-order valence-corrected chi connectivity index (χ0v) is 8.94. The molecule has 1 unspecified atom stereocenters. The highest BCUT2D eigenvalue weighted by atomic mass is 16.5. The number of hydrogen-bond acceptors (Lipinski definition) is 1. The number of fused-ring (bicyclic) bond motifs is 3. The Morgan fingerprint density at radius 1 is 0.938 bits per heavy atom. The molecule has 1 nitrogen and oxygen atoms in total. The molecule has 0 spiro atoms. The van der Waals surface area contributed by atoms with Crippen LogP contribution in [0.25, 0.3) is 11.1 Å². The van der Waals surface area contributed by atoms with Crippen molar-refractivity contribution in [1.29, 1.82) is 0 Å². The number of benzene rings is 2. The Balaban J connectivity index is 2.10. The van der Waals surface area contributed by atoms with E-state index in [2.05, 4.69) is 42.5 Å². The minimum Gasteiger partial charge on any atom is -0.376 e. The summed E-state index contributed by atoms with van der Waals surface area (Å²) < 4.78 is 5.69. The molecule has 0 radical (unpaired) electrons. The monoisotopic (exact) mass is 208 g/mol. The van der Waals surface area contributed by atoms with Crippen molar-refractivity contribution in [3.05, 3.63) is 59.2 Å². The molecule has 0 fully saturated rings. The molecule has 0 bridgehead atoms. The molecular formula is C15H12O. The summed E-state index contributed by atoms with van der Waals surface area (Å²) in [6.45, 7) is 1.61. The first-order valence-corrected chi connectivity index (χ1v) is 5.74. The molecule has 0 aromatic heterocycles. The van der Waals surface area contributed by atoms with Crippen LogP contribution >= 0.6 is 0 Å². The Labute approximate surface area is 94.7 Å². The lowest BCUT2D eigenvalue weighted by Gasteiger charge is -2.22. The first-order valence-electron chi connectivity index (χ1n) is 5.74. The van der Waals surface area contributed by atoms with E-state index in [4.69, 9.17) is 4.74 Å². The molecule has 4 rings (SSSR count). The van der Waals surface area contributed by atoms with Crippen LogP contribution in [0.2, 0.25) is 0 Å². The lowest BCUT2D eigenvalue weighted by molar-refractivity contribution is 0.101. The molecule has 78 valence electrons. The third-order valence-electron chi connectivity index (χ3n) is 3.71. The quantitative estimate of drug-likeness (QED) is 0.645. The molecule has 1 aliphatic heterocycles. The summed E-state index contributed by atoms with van der Waals surface area (Å²) in [5.41, 5.74) is 7.13. The number of ether oxygens (including phenoxy) is 1. The lowest BCUT2D eigenvalue weighted by atomic mass is 9.92. The van der Waals surface area contributed by atoms with Crippen LogP contribution in [0.4, 0.5) is 0 Å². The van der Waals surface area contributed by atoms with Gasteiger partial charge in [-0.05, 0) is 27.8 Å². The third-order valence-corrected chi connectivity index (χ3v) is 3.71. The van der Waals surface area contributed by atoms with Crippen molar-refractivity contribution >= 4 is 0 Å². The van der Waals surface area contributed by atoms with Gasteiger partial charge in [0.2, 0.25) is 0 Å². The Bertz CT molecular complexity index is 571. The van der Waals surface area contributed by atoms with Gasteiger partial charge in [-0.1, -0.05) is 42.5 Å². The van der Waals surface area contributed by atoms with E-state index in [0.717, 1.165) is 13.2 Å². The van der Waals surface area contributed by atoms with Gasteiger partial charge in [0.05, 0.1) is 13.2 Å². The lowest BCUT2D eigenvalue weighted by Crippen LogP contribution is -2.14. The maximum Gasteiger partial charge on any atom is 0.0720 e. The molecule has 0 saturated heterocycles. The molecule has 2 aromatic rings. The van der Waals surface area contributed by atoms with Crippen LogP contribution in [0.5, 0.6) is 0 Å². The Kier molecular flexibility index (Phi) is 1.58. The second-order valence-corrected chi connectivity index (χ2v) is 4.53. The van der Waals surface area contributed by atoms with E-state index in [1.807, 2.05) is 0 Å². The maximum absolute atomic E-state index is 5.69. The van der Waals surface area contributed by atoms with Crippen LogP contribution in [0.3, 0.4) is 0 Å². The molecule has 0 saturated carbocycles. The van der Waals surface area contributed by atoms with Gasteiger partial charge in [0.15, 0.2) is 0 Å². The highest BCUT2D eigenvalue weighted by Gasteiger charge is 2.32. The van der Waals surface area contributed by atoms with E-state index < -0.39 is 0 Å². The number of rotatable bonds is 0. The highest BCUT2D eigenvalue weighted by molar-refractivity contribution is 5.80. The maximum atomic E-state index is 5.69. The van der Waals surface area contributed by atoms with Crippen molar-refractivity contribution in [1.82, 2.24) is 0 Å². The van der Waals surface area contributed by atoms with Gasteiger partial charge in [-0.3, -0.25) is 0 Å². The second-order valence-electron chi connectivity index (χ2n) is 4.53. The summed E-state index contributed by atoms with van der Waals surface area (Å²) in [5.74, 6) is 0.469. The molecule has 2 aromatic carbocycles. The van der Waals surface area contributed by atoms with Gasteiger partial charge >= 0.3 is 0 Å². The zero-order valence-electron chi connectivity index (χ0n) is 8.94. The summed E-state index contributed by atoms with van der Waals surface area (Å²) in [6.07, 6.45) is 0. The van der Waals surface area contributed by atoms with Gasteiger partial charge in [0.25, 0.3) is 0 Å². The normalized spacial score (nSPS) is 20.4. The fraction of sp³-hybridized carbons (Fsp3) is 0.200. The van der Waals surface area contributed by atoms with E-state index in [1.165, 1.54) is 27.8 Å². The van der Waals surface area contributed by atoms with Crippen LogP contribution in [0.1, 0.15) is 22.6 Å². The van der Waals surface area contributed by atoms with E-state index in [1.54, 1.807) is 0 Å². The van der Waals surface area contributed by atoms with Gasteiger partial charge in [0, 0.05) is 5.92 Å². The smallest absolute Gasteiger partial charge is 0.0720 e. The van der Waals surface area contributed by atoms with E-state index >= 15 is 0 Å². The number of hydrogen-bond donors (Lipinski definition) is 0. The van der Waals surface area contributed by atoms with Crippen molar-refractivity contribution in [2.24, 2.45) is 0 Å². The van der Waals surface area contributed by atoms with Gasteiger partial charge in [-0.25, -0.2) is 0 Å². The molecule has 16 heavy (non-hydrogen) atoms. The van der Waals surface area contributed by atoms with Crippen molar-refractivity contribution in [2.75, 3.05) is 6.61 Å². The molecule has 1 aliphatic carbocycles. The van der Waals surface area contributed by atoms with Gasteiger partial charge in [-0.2, -0.15) is 0 Å². The van der Waals surface area contributed by atoms with Crippen LogP contribution < -0.4 is 0 Å². The Morgan fingerprint density at radius 3 is 2.81 bits per heavy atom. The molecule has 1 heterocycles. The summed E-state index contributed by atoms with van der Waals surface area (Å²) in [4.78, 5) is 0. The Morgan fingerprint density at radius 2 is 1.81 bits per heavy atom. The molecule has 2 aliphatic rings. The average molecular weight is 208 g/mol. The van der Waals surface area contributed by atoms with Gasteiger partial charge in [-0.15, -0.1) is 0 Å². The van der Waals surface area contributed by atoms with Crippen LogP contribution in [0.15, 0.2) is 42.5 Å². The van der Waals surface area contributed by atoms with E-state index in [9.17, 15) is 0 Å². The summed E-state index contributed by atoms with van der Waals surface area (Å²) in [6, 6.07) is 15.3. The van der Waals surface area contributed by atoms with Gasteiger partial charge in [0.1, 0.15) is 0 Å². The molecule has 0 amide bonds. The summed E-state index contributed by atoms with van der Waals surface area (Å²) in [5, 5.41) is 0.